The first-order chi connectivity index (χ1) is 9.74. The fourth-order valence-electron chi connectivity index (χ4n) is 3.07. The molecule has 0 spiro atoms. The highest BCUT2D eigenvalue weighted by atomic mass is 16.5. The summed E-state index contributed by atoms with van der Waals surface area (Å²) in [7, 11) is 3.35. The Kier molecular flexibility index (Phi) is 5.72. The normalized spacial score (nSPS) is 17.8. The van der Waals surface area contributed by atoms with Gasteiger partial charge in [0, 0.05) is 12.6 Å². The lowest BCUT2D eigenvalue weighted by Crippen LogP contribution is -2.34. The number of nitrogens with one attached hydrogen (secondary N) is 1. The Morgan fingerprint density at radius 2 is 1.80 bits per heavy atom. The number of rotatable bonds is 6. The molecule has 2 rings (SSSR count). The molecule has 0 saturated heterocycles. The van der Waals surface area contributed by atoms with E-state index in [1.54, 1.807) is 14.2 Å². The van der Waals surface area contributed by atoms with Gasteiger partial charge in [-0.3, -0.25) is 0 Å². The third kappa shape index (κ3) is 3.89. The Morgan fingerprint density at radius 3 is 2.45 bits per heavy atom. The standard InChI is InChI=1S/C17H27NO2/c1-13(15-7-5-4-6-8-15)18-12-14-9-10-16(19-2)17(11-14)20-3/h9-11,13,15,18H,4-8,12H2,1-3H3. The van der Waals surface area contributed by atoms with Gasteiger partial charge >= 0.3 is 0 Å². The Balaban J connectivity index is 1.89. The third-order valence-corrected chi connectivity index (χ3v) is 4.43. The molecule has 1 aromatic rings. The second kappa shape index (κ2) is 7.53. The van der Waals surface area contributed by atoms with Crippen LogP contribution in [0.15, 0.2) is 18.2 Å². The lowest BCUT2D eigenvalue weighted by atomic mass is 9.84. The van der Waals surface area contributed by atoms with Crippen molar-refractivity contribution in [2.45, 2.75) is 51.6 Å². The van der Waals surface area contributed by atoms with E-state index in [0.717, 1.165) is 24.0 Å². The van der Waals surface area contributed by atoms with Crippen molar-refractivity contribution < 1.29 is 9.47 Å². The number of ether oxygens (including phenoxy) is 2. The smallest absolute Gasteiger partial charge is 0.161 e. The summed E-state index contributed by atoms with van der Waals surface area (Å²) < 4.78 is 10.6. The van der Waals surface area contributed by atoms with E-state index < -0.39 is 0 Å². The molecule has 112 valence electrons. The van der Waals surface area contributed by atoms with E-state index >= 15 is 0 Å². The molecule has 1 aliphatic carbocycles. The molecule has 1 fully saturated rings. The molecule has 1 aromatic carbocycles. The number of hydrogen-bond acceptors (Lipinski definition) is 3. The molecule has 0 bridgehead atoms. The summed E-state index contributed by atoms with van der Waals surface area (Å²) in [6.45, 7) is 3.20. The van der Waals surface area contributed by atoms with Crippen molar-refractivity contribution in [2.75, 3.05) is 14.2 Å². The Morgan fingerprint density at radius 1 is 1.10 bits per heavy atom. The maximum atomic E-state index is 5.35. The largest absolute Gasteiger partial charge is 0.493 e. The highest BCUT2D eigenvalue weighted by Gasteiger charge is 2.19. The molecule has 1 atom stereocenters. The second-order valence-corrected chi connectivity index (χ2v) is 5.76. The van der Waals surface area contributed by atoms with Crippen LogP contribution in [0.2, 0.25) is 0 Å². The number of methoxy groups -OCH3 is 2. The molecule has 0 heterocycles. The predicted molar refractivity (Wildman–Crippen MR) is 82.4 cm³/mol. The van der Waals surface area contributed by atoms with Crippen LogP contribution in [-0.4, -0.2) is 20.3 Å². The van der Waals surface area contributed by atoms with Crippen LogP contribution in [0, 0.1) is 5.92 Å². The molecule has 1 aliphatic rings. The zero-order valence-electron chi connectivity index (χ0n) is 12.9. The first kappa shape index (κ1) is 15.2. The molecular formula is C17H27NO2. The Hall–Kier alpha value is -1.22. The van der Waals surface area contributed by atoms with E-state index in [-0.39, 0.29) is 0 Å². The highest BCUT2D eigenvalue weighted by molar-refractivity contribution is 5.42. The zero-order chi connectivity index (χ0) is 14.4. The summed E-state index contributed by atoms with van der Waals surface area (Å²) in [5.74, 6) is 2.43. The van der Waals surface area contributed by atoms with Gasteiger partial charge in [0.1, 0.15) is 0 Å². The molecule has 1 N–H and O–H groups in total. The van der Waals surface area contributed by atoms with Gasteiger partial charge in [-0.2, -0.15) is 0 Å². The van der Waals surface area contributed by atoms with Crippen molar-refractivity contribution in [1.29, 1.82) is 0 Å². The van der Waals surface area contributed by atoms with E-state index in [4.69, 9.17) is 9.47 Å². The zero-order valence-corrected chi connectivity index (χ0v) is 12.9. The van der Waals surface area contributed by atoms with E-state index in [0.29, 0.717) is 6.04 Å². The average molecular weight is 277 g/mol. The maximum Gasteiger partial charge on any atom is 0.161 e. The van der Waals surface area contributed by atoms with E-state index in [9.17, 15) is 0 Å². The molecular weight excluding hydrogens is 250 g/mol. The Labute approximate surface area is 122 Å². The first-order valence-corrected chi connectivity index (χ1v) is 7.69. The minimum absolute atomic E-state index is 0.586. The predicted octanol–water partition coefficient (Wildman–Crippen LogP) is 3.76. The molecule has 3 nitrogen and oxygen atoms in total. The summed E-state index contributed by atoms with van der Waals surface area (Å²) in [5.41, 5.74) is 1.24. The van der Waals surface area contributed by atoms with Crippen molar-refractivity contribution in [1.82, 2.24) is 5.32 Å². The molecule has 1 saturated carbocycles. The van der Waals surface area contributed by atoms with E-state index in [2.05, 4.69) is 24.4 Å². The van der Waals surface area contributed by atoms with Gasteiger partial charge < -0.3 is 14.8 Å². The van der Waals surface area contributed by atoms with Gasteiger partial charge in [-0.25, -0.2) is 0 Å². The molecule has 0 aliphatic heterocycles. The minimum Gasteiger partial charge on any atom is -0.493 e. The van der Waals surface area contributed by atoms with Crippen molar-refractivity contribution >= 4 is 0 Å². The lowest BCUT2D eigenvalue weighted by Gasteiger charge is -2.28. The van der Waals surface area contributed by atoms with Crippen LogP contribution in [0.4, 0.5) is 0 Å². The molecule has 0 radical (unpaired) electrons. The van der Waals surface area contributed by atoms with Crippen LogP contribution < -0.4 is 14.8 Å². The molecule has 0 aromatic heterocycles. The SMILES string of the molecule is COc1ccc(CNC(C)C2CCCCC2)cc1OC. The van der Waals surface area contributed by atoms with Gasteiger partial charge in [0.05, 0.1) is 14.2 Å². The van der Waals surface area contributed by atoms with Gasteiger partial charge in [-0.1, -0.05) is 25.3 Å². The molecule has 0 amide bonds. The first-order valence-electron chi connectivity index (χ1n) is 7.69. The summed E-state index contributed by atoms with van der Waals surface area (Å²) in [4.78, 5) is 0. The summed E-state index contributed by atoms with van der Waals surface area (Å²) in [6, 6.07) is 6.71. The third-order valence-electron chi connectivity index (χ3n) is 4.43. The van der Waals surface area contributed by atoms with Crippen LogP contribution in [0.3, 0.4) is 0 Å². The Bertz CT molecular complexity index is 413. The number of hydrogen-bond donors (Lipinski definition) is 1. The van der Waals surface area contributed by atoms with Crippen LogP contribution in [0.25, 0.3) is 0 Å². The summed E-state index contributed by atoms with van der Waals surface area (Å²) in [5, 5.41) is 3.66. The number of benzene rings is 1. The topological polar surface area (TPSA) is 30.5 Å². The summed E-state index contributed by atoms with van der Waals surface area (Å²) in [6.07, 6.45) is 6.96. The van der Waals surface area contributed by atoms with Crippen molar-refractivity contribution in [3.05, 3.63) is 23.8 Å². The lowest BCUT2D eigenvalue weighted by molar-refractivity contribution is 0.280. The van der Waals surface area contributed by atoms with Gasteiger partial charge in [0.25, 0.3) is 0 Å². The average Bonchev–Trinajstić information content (AvgIpc) is 2.53. The van der Waals surface area contributed by atoms with Gasteiger partial charge in [-0.05, 0) is 43.4 Å². The van der Waals surface area contributed by atoms with Gasteiger partial charge in [0.15, 0.2) is 11.5 Å². The second-order valence-electron chi connectivity index (χ2n) is 5.76. The molecule has 3 heteroatoms. The van der Waals surface area contributed by atoms with Gasteiger partial charge in [-0.15, -0.1) is 0 Å². The fourth-order valence-corrected chi connectivity index (χ4v) is 3.07. The van der Waals surface area contributed by atoms with Crippen molar-refractivity contribution in [2.24, 2.45) is 5.92 Å². The van der Waals surface area contributed by atoms with Crippen LogP contribution >= 0.6 is 0 Å². The van der Waals surface area contributed by atoms with Crippen LogP contribution in [0.1, 0.15) is 44.6 Å². The quantitative estimate of drug-likeness (QED) is 0.858. The van der Waals surface area contributed by atoms with Crippen molar-refractivity contribution in [3.8, 4) is 11.5 Å². The van der Waals surface area contributed by atoms with Crippen LogP contribution in [-0.2, 0) is 6.54 Å². The highest BCUT2D eigenvalue weighted by Crippen LogP contribution is 2.28. The van der Waals surface area contributed by atoms with E-state index in [1.165, 1.54) is 37.7 Å². The van der Waals surface area contributed by atoms with E-state index in [1.807, 2.05) is 6.07 Å². The monoisotopic (exact) mass is 277 g/mol. The maximum absolute atomic E-state index is 5.35. The van der Waals surface area contributed by atoms with Crippen molar-refractivity contribution in [3.63, 3.8) is 0 Å². The fraction of sp³-hybridized carbons (Fsp3) is 0.647. The molecule has 20 heavy (non-hydrogen) atoms. The summed E-state index contributed by atoms with van der Waals surface area (Å²) >= 11 is 0. The minimum atomic E-state index is 0.586. The van der Waals surface area contributed by atoms with Crippen LogP contribution in [0.5, 0.6) is 11.5 Å². The van der Waals surface area contributed by atoms with Gasteiger partial charge in [0.2, 0.25) is 0 Å². The molecule has 1 unspecified atom stereocenters.